The molecule has 0 bridgehead atoms. The zero-order valence-electron chi connectivity index (χ0n) is 9.39. The van der Waals surface area contributed by atoms with Gasteiger partial charge in [-0.25, -0.2) is 8.42 Å². The van der Waals surface area contributed by atoms with Crippen LogP contribution in [0.25, 0.3) is 0 Å². The second-order valence-electron chi connectivity index (χ2n) is 4.03. The van der Waals surface area contributed by atoms with E-state index < -0.39 is 26.7 Å². The van der Waals surface area contributed by atoms with Gasteiger partial charge in [0, 0.05) is 19.2 Å². The predicted octanol–water partition coefficient (Wildman–Crippen LogP) is 0.350. The van der Waals surface area contributed by atoms with Gasteiger partial charge in [0.25, 0.3) is 5.69 Å². The van der Waals surface area contributed by atoms with E-state index in [0.29, 0.717) is 6.42 Å². The molecule has 0 radical (unpaired) electrons. The fourth-order valence-corrected chi connectivity index (χ4v) is 3.54. The van der Waals surface area contributed by atoms with E-state index in [-0.39, 0.29) is 18.0 Å². The Kier molecular flexibility index (Phi) is 3.33. The number of nitrogens with zero attached hydrogens (tertiary/aromatic N) is 2. The highest BCUT2D eigenvalue weighted by Gasteiger charge is 2.35. The fourth-order valence-electron chi connectivity index (χ4n) is 1.89. The van der Waals surface area contributed by atoms with Crippen LogP contribution in [0.3, 0.4) is 0 Å². The minimum Gasteiger partial charge on any atom is -0.392 e. The van der Waals surface area contributed by atoms with Crippen molar-refractivity contribution < 1.29 is 18.4 Å². The average Bonchev–Trinajstić information content (AvgIpc) is 2.76. The van der Waals surface area contributed by atoms with Crippen molar-refractivity contribution in [2.75, 3.05) is 13.1 Å². The van der Waals surface area contributed by atoms with Crippen molar-refractivity contribution in [3.8, 4) is 0 Å². The summed E-state index contributed by atoms with van der Waals surface area (Å²) in [6.45, 7) is 0.157. The number of rotatable bonds is 3. The van der Waals surface area contributed by atoms with Gasteiger partial charge in [-0.1, -0.05) is 12.1 Å². The number of nitro groups is 1. The van der Waals surface area contributed by atoms with E-state index in [0.717, 1.165) is 10.4 Å². The first-order valence-electron chi connectivity index (χ1n) is 5.34. The van der Waals surface area contributed by atoms with Crippen LogP contribution in [0.4, 0.5) is 5.69 Å². The van der Waals surface area contributed by atoms with Crippen LogP contribution in [0.5, 0.6) is 0 Å². The zero-order valence-corrected chi connectivity index (χ0v) is 10.2. The number of benzene rings is 1. The number of hydrogen-bond donors (Lipinski definition) is 1. The Labute approximate surface area is 104 Å². The van der Waals surface area contributed by atoms with Crippen molar-refractivity contribution in [3.05, 3.63) is 34.4 Å². The molecule has 0 saturated carbocycles. The Morgan fingerprint density at radius 2 is 2.06 bits per heavy atom. The van der Waals surface area contributed by atoms with E-state index in [1.165, 1.54) is 18.2 Å². The normalized spacial score (nSPS) is 21.1. The summed E-state index contributed by atoms with van der Waals surface area (Å²) >= 11 is 0. The number of para-hydroxylation sites is 1. The first kappa shape index (κ1) is 12.9. The SMILES string of the molecule is O=[N+]([O-])c1ccccc1S(=O)(=O)N1CCC(O)C1. The lowest BCUT2D eigenvalue weighted by atomic mass is 10.3. The Morgan fingerprint density at radius 1 is 1.39 bits per heavy atom. The molecule has 1 aromatic rings. The zero-order chi connectivity index (χ0) is 13.3. The summed E-state index contributed by atoms with van der Waals surface area (Å²) in [5.41, 5.74) is -0.445. The molecule has 1 aromatic carbocycles. The van der Waals surface area contributed by atoms with E-state index in [2.05, 4.69) is 0 Å². The van der Waals surface area contributed by atoms with Crippen LogP contribution in [-0.2, 0) is 10.0 Å². The maximum atomic E-state index is 12.2. The molecule has 1 aliphatic heterocycles. The van der Waals surface area contributed by atoms with Crippen molar-refractivity contribution in [1.29, 1.82) is 0 Å². The van der Waals surface area contributed by atoms with Gasteiger partial charge in [-0.2, -0.15) is 4.31 Å². The summed E-state index contributed by atoms with van der Waals surface area (Å²) in [7, 11) is -3.92. The molecule has 0 spiro atoms. The smallest absolute Gasteiger partial charge is 0.289 e. The van der Waals surface area contributed by atoms with Crippen LogP contribution in [-0.4, -0.2) is 41.9 Å². The second kappa shape index (κ2) is 4.63. The molecule has 2 rings (SSSR count). The molecule has 1 fully saturated rings. The molecule has 1 N–H and O–H groups in total. The van der Waals surface area contributed by atoms with Gasteiger partial charge in [-0.15, -0.1) is 0 Å². The summed E-state index contributed by atoms with van der Waals surface area (Å²) in [4.78, 5) is 9.77. The lowest BCUT2D eigenvalue weighted by molar-refractivity contribution is -0.387. The Balaban J connectivity index is 2.45. The largest absolute Gasteiger partial charge is 0.392 e. The summed E-state index contributed by atoms with van der Waals surface area (Å²) in [5.74, 6) is 0. The molecule has 0 aliphatic carbocycles. The molecule has 1 heterocycles. The second-order valence-corrected chi connectivity index (χ2v) is 5.94. The maximum absolute atomic E-state index is 12.2. The third-order valence-corrected chi connectivity index (χ3v) is 4.72. The lowest BCUT2D eigenvalue weighted by Gasteiger charge is -2.15. The molecule has 7 nitrogen and oxygen atoms in total. The highest BCUT2D eigenvalue weighted by molar-refractivity contribution is 7.89. The van der Waals surface area contributed by atoms with Crippen molar-refractivity contribution in [2.45, 2.75) is 17.4 Å². The van der Waals surface area contributed by atoms with Crippen LogP contribution in [0.1, 0.15) is 6.42 Å². The minimum atomic E-state index is -3.92. The van der Waals surface area contributed by atoms with E-state index in [9.17, 15) is 23.6 Å². The molecule has 8 heteroatoms. The quantitative estimate of drug-likeness (QED) is 0.632. The number of hydrogen-bond acceptors (Lipinski definition) is 5. The van der Waals surface area contributed by atoms with Gasteiger partial charge < -0.3 is 5.11 Å². The third kappa shape index (κ3) is 2.22. The summed E-state index contributed by atoms with van der Waals surface area (Å²) < 4.78 is 25.5. The monoisotopic (exact) mass is 272 g/mol. The summed E-state index contributed by atoms with van der Waals surface area (Å²) in [6.07, 6.45) is -0.359. The van der Waals surface area contributed by atoms with Gasteiger partial charge >= 0.3 is 0 Å². The summed E-state index contributed by atoms with van der Waals surface area (Å²) in [6, 6.07) is 5.21. The Morgan fingerprint density at radius 3 is 2.61 bits per heavy atom. The number of β-amino-alcohol motifs (C(OH)–C–C–N with tert-alkyl or cyclic N) is 1. The van der Waals surface area contributed by atoms with Crippen molar-refractivity contribution >= 4 is 15.7 Å². The topological polar surface area (TPSA) is 101 Å². The van der Waals surface area contributed by atoms with Gasteiger partial charge in [0.05, 0.1) is 11.0 Å². The molecule has 1 unspecified atom stereocenters. The third-order valence-electron chi connectivity index (χ3n) is 2.81. The molecule has 98 valence electrons. The van der Waals surface area contributed by atoms with Crippen molar-refractivity contribution in [1.82, 2.24) is 4.31 Å². The van der Waals surface area contributed by atoms with Gasteiger partial charge in [-0.3, -0.25) is 10.1 Å². The van der Waals surface area contributed by atoms with E-state index in [4.69, 9.17) is 0 Å². The van der Waals surface area contributed by atoms with Crippen LogP contribution >= 0.6 is 0 Å². The van der Waals surface area contributed by atoms with Crippen LogP contribution in [0.2, 0.25) is 0 Å². The van der Waals surface area contributed by atoms with E-state index in [1.807, 2.05) is 0 Å². The molecule has 0 aromatic heterocycles. The van der Waals surface area contributed by atoms with Crippen molar-refractivity contribution in [2.24, 2.45) is 0 Å². The van der Waals surface area contributed by atoms with Crippen LogP contribution in [0, 0.1) is 10.1 Å². The average molecular weight is 272 g/mol. The molecule has 18 heavy (non-hydrogen) atoms. The maximum Gasteiger partial charge on any atom is 0.289 e. The van der Waals surface area contributed by atoms with Gasteiger partial charge in [-0.05, 0) is 12.5 Å². The number of aliphatic hydroxyl groups excluding tert-OH is 1. The van der Waals surface area contributed by atoms with Gasteiger partial charge in [0.1, 0.15) is 0 Å². The molecule has 1 aliphatic rings. The number of sulfonamides is 1. The first-order chi connectivity index (χ1) is 8.43. The van der Waals surface area contributed by atoms with Crippen molar-refractivity contribution in [3.63, 3.8) is 0 Å². The highest BCUT2D eigenvalue weighted by Crippen LogP contribution is 2.28. The van der Waals surface area contributed by atoms with Crippen LogP contribution < -0.4 is 0 Å². The number of aliphatic hydroxyl groups is 1. The predicted molar refractivity (Wildman–Crippen MR) is 62.5 cm³/mol. The van der Waals surface area contributed by atoms with Gasteiger partial charge in [0.15, 0.2) is 4.90 Å². The standard InChI is InChI=1S/C10H12N2O5S/c13-8-5-6-11(7-8)18(16,17)10-4-2-1-3-9(10)12(14)15/h1-4,8,13H,5-7H2. The number of nitro benzene ring substituents is 1. The molecular formula is C10H12N2O5S. The molecular weight excluding hydrogens is 260 g/mol. The van der Waals surface area contributed by atoms with E-state index in [1.54, 1.807) is 0 Å². The molecule has 0 amide bonds. The Bertz CT molecular complexity index is 571. The summed E-state index contributed by atoms with van der Waals surface area (Å²) in [5, 5.41) is 20.2. The molecule has 1 atom stereocenters. The first-order valence-corrected chi connectivity index (χ1v) is 6.78. The molecule has 1 saturated heterocycles. The minimum absolute atomic E-state index is 0.0195. The fraction of sp³-hybridized carbons (Fsp3) is 0.400. The lowest BCUT2D eigenvalue weighted by Crippen LogP contribution is -2.30. The Hall–Kier alpha value is -1.51. The van der Waals surface area contributed by atoms with E-state index >= 15 is 0 Å². The highest BCUT2D eigenvalue weighted by atomic mass is 32.2. The van der Waals surface area contributed by atoms with Crippen LogP contribution in [0.15, 0.2) is 29.2 Å². The van der Waals surface area contributed by atoms with Gasteiger partial charge in [0.2, 0.25) is 10.0 Å².